The molecule has 0 spiro atoms. The van der Waals surface area contributed by atoms with Gasteiger partial charge in [-0.25, -0.2) is 0 Å². The number of hydrogen-bond acceptors (Lipinski definition) is 4. The summed E-state index contributed by atoms with van der Waals surface area (Å²) in [6, 6.07) is 6.18. The lowest BCUT2D eigenvalue weighted by molar-refractivity contribution is 0.406. The Morgan fingerprint density at radius 3 is 2.33 bits per heavy atom. The fourth-order valence-electron chi connectivity index (χ4n) is 1.98. The fourth-order valence-corrected chi connectivity index (χ4v) is 1.98. The van der Waals surface area contributed by atoms with Crippen LogP contribution < -0.4 is 5.32 Å². The quantitative estimate of drug-likeness (QED) is 0.894. The third kappa shape index (κ3) is 2.01. The molecule has 0 amide bonds. The highest BCUT2D eigenvalue weighted by molar-refractivity contribution is 5.46. The molecular formula is C13H19N5. The van der Waals surface area contributed by atoms with Crippen LogP contribution in [0, 0.1) is 13.8 Å². The molecule has 0 saturated heterocycles. The molecule has 0 aliphatic rings. The number of para-hydroxylation sites is 1. The largest absolute Gasteiger partial charge is 0.308 e. The fraction of sp³-hybridized carbons (Fsp3) is 0.462. The van der Waals surface area contributed by atoms with Gasteiger partial charge in [-0.1, -0.05) is 18.2 Å². The van der Waals surface area contributed by atoms with Crippen molar-refractivity contribution in [2.45, 2.75) is 33.2 Å². The highest BCUT2D eigenvalue weighted by Crippen LogP contribution is 2.23. The van der Waals surface area contributed by atoms with Crippen LogP contribution in [-0.2, 0) is 5.54 Å². The van der Waals surface area contributed by atoms with E-state index in [2.05, 4.69) is 60.7 Å². The van der Waals surface area contributed by atoms with Crippen molar-refractivity contribution in [1.82, 2.24) is 25.5 Å². The molecule has 0 radical (unpaired) electrons. The van der Waals surface area contributed by atoms with Crippen LogP contribution in [0.4, 0.5) is 0 Å². The number of hydrogen-bond donors (Lipinski definition) is 1. The van der Waals surface area contributed by atoms with E-state index in [1.54, 1.807) is 0 Å². The summed E-state index contributed by atoms with van der Waals surface area (Å²) in [7, 11) is 1.91. The van der Waals surface area contributed by atoms with Gasteiger partial charge in [0.15, 0.2) is 5.82 Å². The zero-order valence-electron chi connectivity index (χ0n) is 11.5. The minimum Gasteiger partial charge on any atom is -0.308 e. The lowest BCUT2D eigenvalue weighted by atomic mass is 10.0. The number of nitrogens with one attached hydrogen (secondary N) is 1. The Bertz CT molecular complexity index is 536. The van der Waals surface area contributed by atoms with Crippen LogP contribution in [0.3, 0.4) is 0 Å². The molecule has 0 fully saturated rings. The van der Waals surface area contributed by atoms with Gasteiger partial charge in [-0.3, -0.25) is 0 Å². The second-order valence-corrected chi connectivity index (χ2v) is 5.03. The van der Waals surface area contributed by atoms with Crippen LogP contribution in [0.2, 0.25) is 0 Å². The van der Waals surface area contributed by atoms with Crippen LogP contribution in [0.5, 0.6) is 0 Å². The summed E-state index contributed by atoms with van der Waals surface area (Å²) in [5.74, 6) is 0.808. The molecule has 0 bridgehead atoms. The van der Waals surface area contributed by atoms with Crippen LogP contribution >= 0.6 is 0 Å². The van der Waals surface area contributed by atoms with Gasteiger partial charge in [0, 0.05) is 0 Å². The number of benzene rings is 1. The van der Waals surface area contributed by atoms with E-state index in [1.807, 2.05) is 17.8 Å². The van der Waals surface area contributed by atoms with Gasteiger partial charge >= 0.3 is 0 Å². The minimum absolute atomic E-state index is 0.280. The summed E-state index contributed by atoms with van der Waals surface area (Å²) < 4.78 is 1.82. The summed E-state index contributed by atoms with van der Waals surface area (Å²) in [4.78, 5) is 0. The van der Waals surface area contributed by atoms with Crippen molar-refractivity contribution in [3.8, 4) is 5.69 Å². The Morgan fingerprint density at radius 2 is 1.78 bits per heavy atom. The molecule has 2 aromatic rings. The topological polar surface area (TPSA) is 55.6 Å². The van der Waals surface area contributed by atoms with Crippen LogP contribution in [-0.4, -0.2) is 27.3 Å². The van der Waals surface area contributed by atoms with Crippen molar-refractivity contribution in [3.63, 3.8) is 0 Å². The molecule has 0 aliphatic carbocycles. The maximum atomic E-state index is 4.16. The molecule has 1 aromatic carbocycles. The first kappa shape index (κ1) is 12.7. The van der Waals surface area contributed by atoms with Gasteiger partial charge in [-0.2, -0.15) is 4.68 Å². The van der Waals surface area contributed by atoms with Gasteiger partial charge in [0.25, 0.3) is 0 Å². The standard InChI is InChI=1S/C13H19N5/c1-9-7-6-8-10(2)11(9)18-12(15-16-17-18)13(3,4)14-5/h6-8,14H,1-5H3. The van der Waals surface area contributed by atoms with Crippen LogP contribution in [0.1, 0.15) is 30.8 Å². The minimum atomic E-state index is -0.280. The Morgan fingerprint density at radius 1 is 1.17 bits per heavy atom. The lowest BCUT2D eigenvalue weighted by Gasteiger charge is -2.23. The normalized spacial score (nSPS) is 11.8. The number of rotatable bonds is 3. The maximum Gasteiger partial charge on any atom is 0.176 e. The van der Waals surface area contributed by atoms with E-state index in [9.17, 15) is 0 Å². The lowest BCUT2D eigenvalue weighted by Crippen LogP contribution is -2.36. The van der Waals surface area contributed by atoms with Crippen molar-refractivity contribution in [2.75, 3.05) is 7.05 Å². The molecule has 1 N–H and O–H groups in total. The summed E-state index contributed by atoms with van der Waals surface area (Å²) in [5, 5.41) is 15.3. The second kappa shape index (κ2) is 4.49. The molecule has 18 heavy (non-hydrogen) atoms. The van der Waals surface area contributed by atoms with Gasteiger partial charge in [0.05, 0.1) is 11.2 Å². The van der Waals surface area contributed by atoms with E-state index in [0.717, 1.165) is 22.6 Å². The van der Waals surface area contributed by atoms with Crippen molar-refractivity contribution < 1.29 is 0 Å². The summed E-state index contributed by atoms with van der Waals surface area (Å²) >= 11 is 0. The molecule has 0 unspecified atom stereocenters. The molecule has 0 aliphatic heterocycles. The average Bonchev–Trinajstić information content (AvgIpc) is 2.78. The smallest absolute Gasteiger partial charge is 0.176 e. The molecule has 0 atom stereocenters. The van der Waals surface area contributed by atoms with Gasteiger partial charge in [-0.15, -0.1) is 5.10 Å². The number of nitrogens with zero attached hydrogens (tertiary/aromatic N) is 4. The number of aromatic nitrogens is 4. The SMILES string of the molecule is CNC(C)(C)c1nnnn1-c1c(C)cccc1C. The van der Waals surface area contributed by atoms with Gasteiger partial charge < -0.3 is 5.32 Å². The van der Waals surface area contributed by atoms with E-state index in [1.165, 1.54) is 0 Å². The first-order chi connectivity index (χ1) is 8.47. The number of aryl methyl sites for hydroxylation is 2. The van der Waals surface area contributed by atoms with Crippen molar-refractivity contribution >= 4 is 0 Å². The summed E-state index contributed by atoms with van der Waals surface area (Å²) in [6.45, 7) is 8.26. The Balaban J connectivity index is 2.63. The summed E-state index contributed by atoms with van der Waals surface area (Å²) in [6.07, 6.45) is 0. The molecule has 1 aromatic heterocycles. The highest BCUT2D eigenvalue weighted by atomic mass is 15.6. The van der Waals surface area contributed by atoms with Gasteiger partial charge in [0.1, 0.15) is 0 Å². The molecule has 5 heteroatoms. The molecule has 0 saturated carbocycles. The number of tetrazole rings is 1. The summed E-state index contributed by atoms with van der Waals surface area (Å²) in [5.41, 5.74) is 3.10. The monoisotopic (exact) mass is 245 g/mol. The molecule has 96 valence electrons. The molecular weight excluding hydrogens is 226 g/mol. The zero-order valence-corrected chi connectivity index (χ0v) is 11.5. The van der Waals surface area contributed by atoms with Gasteiger partial charge in [-0.05, 0) is 56.3 Å². The van der Waals surface area contributed by atoms with Crippen LogP contribution in [0.15, 0.2) is 18.2 Å². The predicted molar refractivity (Wildman–Crippen MR) is 70.7 cm³/mol. The van der Waals surface area contributed by atoms with Crippen molar-refractivity contribution in [2.24, 2.45) is 0 Å². The third-order valence-electron chi connectivity index (χ3n) is 3.30. The Labute approximate surface area is 107 Å². The molecule has 5 nitrogen and oxygen atoms in total. The van der Waals surface area contributed by atoms with Gasteiger partial charge in [0.2, 0.25) is 0 Å². The van der Waals surface area contributed by atoms with Crippen molar-refractivity contribution in [3.05, 3.63) is 35.2 Å². The first-order valence-electron chi connectivity index (χ1n) is 6.01. The van der Waals surface area contributed by atoms with Crippen LogP contribution in [0.25, 0.3) is 5.69 Å². The average molecular weight is 245 g/mol. The maximum absolute atomic E-state index is 4.16. The Kier molecular flexibility index (Phi) is 3.17. The molecule has 1 heterocycles. The van der Waals surface area contributed by atoms with E-state index >= 15 is 0 Å². The predicted octanol–water partition coefficient (Wildman–Crippen LogP) is 1.73. The first-order valence-corrected chi connectivity index (χ1v) is 6.01. The van der Waals surface area contributed by atoms with E-state index in [-0.39, 0.29) is 5.54 Å². The Hall–Kier alpha value is -1.75. The van der Waals surface area contributed by atoms with E-state index in [4.69, 9.17) is 0 Å². The zero-order chi connectivity index (χ0) is 13.3. The highest BCUT2D eigenvalue weighted by Gasteiger charge is 2.27. The third-order valence-corrected chi connectivity index (χ3v) is 3.30. The van der Waals surface area contributed by atoms with Crippen molar-refractivity contribution in [1.29, 1.82) is 0 Å². The van der Waals surface area contributed by atoms with E-state index in [0.29, 0.717) is 0 Å². The van der Waals surface area contributed by atoms with E-state index < -0.39 is 0 Å². The molecule has 2 rings (SSSR count). The second-order valence-electron chi connectivity index (χ2n) is 5.03.